The lowest BCUT2D eigenvalue weighted by molar-refractivity contribution is -0.139. The van der Waals surface area contributed by atoms with Gasteiger partial charge >= 0.3 is 11.9 Å². The van der Waals surface area contributed by atoms with E-state index in [4.69, 9.17) is 9.47 Å². The van der Waals surface area contributed by atoms with E-state index in [1.54, 1.807) is 0 Å². The summed E-state index contributed by atoms with van der Waals surface area (Å²) < 4.78 is 9.15. The van der Waals surface area contributed by atoms with Gasteiger partial charge in [0, 0.05) is 10.9 Å². The predicted molar refractivity (Wildman–Crippen MR) is 83.2 cm³/mol. The number of ether oxygens (including phenoxy) is 2. The molecular formula is C14H14INO4. The molecule has 5 nitrogen and oxygen atoms in total. The molecule has 0 aliphatic carbocycles. The highest BCUT2D eigenvalue weighted by Gasteiger charge is 2.23. The normalized spacial score (nSPS) is 12.2. The highest BCUT2D eigenvalue weighted by atomic mass is 127. The van der Waals surface area contributed by atoms with E-state index in [1.165, 1.54) is 14.2 Å². The van der Waals surface area contributed by atoms with Gasteiger partial charge in [0.2, 0.25) is 0 Å². The van der Waals surface area contributed by atoms with Gasteiger partial charge in [-0.1, -0.05) is 40.8 Å². The first-order valence-corrected chi connectivity index (χ1v) is 7.22. The standard InChI is InChI=1S/C14H14INO4/c1-19-13(17)10(15)7-9-8-5-3-4-6-11(8)16-12(9)14(18)20-2/h3-6,10,16H,7H2,1-2H3. The molecule has 106 valence electrons. The summed E-state index contributed by atoms with van der Waals surface area (Å²) in [6.07, 6.45) is 0.404. The monoisotopic (exact) mass is 387 g/mol. The Bertz CT molecular complexity index is 650. The van der Waals surface area contributed by atoms with E-state index >= 15 is 0 Å². The van der Waals surface area contributed by atoms with E-state index in [0.29, 0.717) is 12.1 Å². The largest absolute Gasteiger partial charge is 0.468 e. The van der Waals surface area contributed by atoms with Gasteiger partial charge in [0.1, 0.15) is 9.62 Å². The average molecular weight is 387 g/mol. The number of halogens is 1. The van der Waals surface area contributed by atoms with Crippen LogP contribution in [0.3, 0.4) is 0 Å². The van der Waals surface area contributed by atoms with Crippen molar-refractivity contribution in [1.29, 1.82) is 0 Å². The van der Waals surface area contributed by atoms with E-state index in [0.717, 1.165) is 16.5 Å². The molecule has 0 amide bonds. The number of benzene rings is 1. The van der Waals surface area contributed by atoms with Crippen molar-refractivity contribution in [2.24, 2.45) is 0 Å². The number of fused-ring (bicyclic) bond motifs is 1. The molecule has 1 aromatic heterocycles. The van der Waals surface area contributed by atoms with E-state index < -0.39 is 5.97 Å². The number of nitrogens with one attached hydrogen (secondary N) is 1. The minimum Gasteiger partial charge on any atom is -0.468 e. The summed E-state index contributed by atoms with van der Waals surface area (Å²) in [7, 11) is 2.68. The fraction of sp³-hybridized carbons (Fsp3) is 0.286. The molecular weight excluding hydrogens is 373 g/mol. The van der Waals surface area contributed by atoms with Crippen molar-refractivity contribution in [3.63, 3.8) is 0 Å². The van der Waals surface area contributed by atoms with Gasteiger partial charge in [0.15, 0.2) is 0 Å². The molecule has 0 fully saturated rings. The summed E-state index contributed by atoms with van der Waals surface area (Å²) in [5.74, 6) is -0.753. The van der Waals surface area contributed by atoms with Crippen LogP contribution in [0.15, 0.2) is 24.3 Å². The zero-order valence-electron chi connectivity index (χ0n) is 11.1. The smallest absolute Gasteiger partial charge is 0.354 e. The van der Waals surface area contributed by atoms with Crippen LogP contribution in [0.2, 0.25) is 0 Å². The summed E-state index contributed by atoms with van der Waals surface area (Å²) >= 11 is 2.01. The number of esters is 2. The highest BCUT2D eigenvalue weighted by Crippen LogP contribution is 2.26. The number of methoxy groups -OCH3 is 2. The minimum atomic E-state index is -0.440. The van der Waals surface area contributed by atoms with Crippen LogP contribution in [0.4, 0.5) is 0 Å². The number of hydrogen-bond donors (Lipinski definition) is 1. The summed E-state index contributed by atoms with van der Waals surface area (Å²) in [6.45, 7) is 0. The maximum Gasteiger partial charge on any atom is 0.354 e. The number of carbonyl (C=O) groups excluding carboxylic acids is 2. The molecule has 1 unspecified atom stereocenters. The molecule has 0 spiro atoms. The molecule has 2 aromatic rings. The fourth-order valence-electron chi connectivity index (χ4n) is 2.08. The van der Waals surface area contributed by atoms with Crippen molar-refractivity contribution in [3.8, 4) is 0 Å². The van der Waals surface area contributed by atoms with Crippen LogP contribution in [0.25, 0.3) is 10.9 Å². The average Bonchev–Trinajstić information content (AvgIpc) is 2.84. The van der Waals surface area contributed by atoms with E-state index in [1.807, 2.05) is 46.9 Å². The molecule has 0 saturated heterocycles. The van der Waals surface area contributed by atoms with Crippen LogP contribution in [-0.4, -0.2) is 35.1 Å². The van der Waals surface area contributed by atoms with Crippen molar-refractivity contribution in [1.82, 2.24) is 4.98 Å². The van der Waals surface area contributed by atoms with Crippen LogP contribution in [0.1, 0.15) is 16.1 Å². The SMILES string of the molecule is COC(=O)c1[nH]c2ccccc2c1CC(I)C(=O)OC. The van der Waals surface area contributed by atoms with Crippen LogP contribution in [0, 0.1) is 0 Å². The molecule has 1 heterocycles. The third kappa shape index (κ3) is 2.79. The molecule has 6 heteroatoms. The maximum atomic E-state index is 11.9. The molecule has 1 N–H and O–H groups in total. The van der Waals surface area contributed by atoms with Crippen LogP contribution in [0.5, 0.6) is 0 Å². The molecule has 0 saturated carbocycles. The molecule has 0 radical (unpaired) electrons. The van der Waals surface area contributed by atoms with Crippen molar-refractivity contribution in [2.45, 2.75) is 10.3 Å². The number of alkyl halides is 1. The third-order valence-electron chi connectivity index (χ3n) is 3.04. The Morgan fingerprint density at radius 2 is 1.95 bits per heavy atom. The zero-order chi connectivity index (χ0) is 14.7. The van der Waals surface area contributed by atoms with Gasteiger partial charge in [-0.15, -0.1) is 0 Å². The zero-order valence-corrected chi connectivity index (χ0v) is 13.3. The van der Waals surface area contributed by atoms with Gasteiger partial charge in [-0.05, 0) is 18.1 Å². The minimum absolute atomic E-state index is 0.313. The molecule has 0 aliphatic heterocycles. The molecule has 20 heavy (non-hydrogen) atoms. The third-order valence-corrected chi connectivity index (χ3v) is 3.99. The maximum absolute atomic E-state index is 11.9. The number of H-pyrrole nitrogens is 1. The van der Waals surface area contributed by atoms with E-state index in [2.05, 4.69) is 4.98 Å². The van der Waals surface area contributed by atoms with Gasteiger partial charge in [0.25, 0.3) is 0 Å². The first kappa shape index (κ1) is 14.8. The lowest BCUT2D eigenvalue weighted by Crippen LogP contribution is -2.19. The Labute approximate surface area is 129 Å². The van der Waals surface area contributed by atoms with Gasteiger partial charge in [-0.25, -0.2) is 4.79 Å². The quantitative estimate of drug-likeness (QED) is 0.497. The second kappa shape index (κ2) is 6.25. The van der Waals surface area contributed by atoms with E-state index in [9.17, 15) is 9.59 Å². The Balaban J connectivity index is 2.48. The van der Waals surface area contributed by atoms with Gasteiger partial charge in [0.05, 0.1) is 14.2 Å². The van der Waals surface area contributed by atoms with Crippen molar-refractivity contribution in [3.05, 3.63) is 35.5 Å². The van der Waals surface area contributed by atoms with Crippen molar-refractivity contribution in [2.75, 3.05) is 14.2 Å². The molecule has 0 aliphatic rings. The number of hydrogen-bond acceptors (Lipinski definition) is 4. The number of aromatic amines is 1. The van der Waals surface area contributed by atoms with Crippen LogP contribution < -0.4 is 0 Å². The predicted octanol–water partition coefficient (Wildman–Crippen LogP) is 2.47. The van der Waals surface area contributed by atoms with Gasteiger partial charge in [-0.2, -0.15) is 0 Å². The molecule has 1 aromatic carbocycles. The van der Waals surface area contributed by atoms with E-state index in [-0.39, 0.29) is 9.89 Å². The lowest BCUT2D eigenvalue weighted by Gasteiger charge is -2.08. The van der Waals surface area contributed by atoms with Crippen LogP contribution >= 0.6 is 22.6 Å². The first-order chi connectivity index (χ1) is 9.58. The second-order valence-electron chi connectivity index (χ2n) is 4.21. The van der Waals surface area contributed by atoms with Gasteiger partial charge in [-0.3, -0.25) is 4.79 Å². The Hall–Kier alpha value is -1.57. The summed E-state index contributed by atoms with van der Waals surface area (Å²) in [5.41, 5.74) is 2.01. The topological polar surface area (TPSA) is 68.4 Å². The van der Waals surface area contributed by atoms with Crippen molar-refractivity contribution < 1.29 is 19.1 Å². The first-order valence-electron chi connectivity index (χ1n) is 5.98. The highest BCUT2D eigenvalue weighted by molar-refractivity contribution is 14.1. The van der Waals surface area contributed by atoms with Crippen LogP contribution in [-0.2, 0) is 20.7 Å². The summed E-state index contributed by atoms with van der Waals surface area (Å²) in [5, 5.41) is 0.915. The lowest BCUT2D eigenvalue weighted by atomic mass is 10.1. The molecule has 0 bridgehead atoms. The summed E-state index contributed by atoms with van der Waals surface area (Å²) in [6, 6.07) is 7.56. The Morgan fingerprint density at radius 3 is 2.60 bits per heavy atom. The number of carbonyl (C=O) groups is 2. The fourth-order valence-corrected chi connectivity index (χ4v) is 2.77. The van der Waals surface area contributed by atoms with Gasteiger partial charge < -0.3 is 14.5 Å². The molecule has 2 rings (SSSR count). The number of para-hydroxylation sites is 1. The van der Waals surface area contributed by atoms with Crippen molar-refractivity contribution >= 4 is 45.4 Å². The number of aromatic nitrogens is 1. The summed E-state index contributed by atoms with van der Waals surface area (Å²) in [4.78, 5) is 26.5. The number of rotatable bonds is 4. The Morgan fingerprint density at radius 1 is 1.25 bits per heavy atom. The Kier molecular flexibility index (Phi) is 4.64. The molecule has 1 atom stereocenters. The second-order valence-corrected chi connectivity index (χ2v) is 5.71.